The van der Waals surface area contributed by atoms with Crippen molar-refractivity contribution in [2.45, 2.75) is 32.1 Å². The minimum Gasteiger partial charge on any atom is -0.302 e. The van der Waals surface area contributed by atoms with Gasteiger partial charge in [0.05, 0.1) is 0 Å². The van der Waals surface area contributed by atoms with Gasteiger partial charge >= 0.3 is 0 Å². The third-order valence-corrected chi connectivity index (χ3v) is 4.59. The first-order chi connectivity index (χ1) is 8.83. The summed E-state index contributed by atoms with van der Waals surface area (Å²) in [4.78, 5) is 2.64. The molecule has 0 aliphatic carbocycles. The first-order valence-corrected chi connectivity index (χ1v) is 7.85. The molecule has 100 valence electrons. The molecule has 2 rings (SSSR count). The normalized spacial score (nSPS) is 22.9. The molecule has 1 aromatic carbocycles. The maximum atomic E-state index is 4.55. The van der Waals surface area contributed by atoms with Crippen LogP contribution in [-0.4, -0.2) is 30.3 Å². The van der Waals surface area contributed by atoms with Crippen LogP contribution in [0.4, 0.5) is 0 Å². The zero-order chi connectivity index (χ0) is 12.8. The molecular weight excluding hydrogens is 238 g/mol. The molecule has 1 saturated heterocycles. The van der Waals surface area contributed by atoms with E-state index in [9.17, 15) is 0 Å². The molecule has 1 nitrogen and oxygen atoms in total. The van der Waals surface area contributed by atoms with Gasteiger partial charge in [-0.05, 0) is 36.6 Å². The van der Waals surface area contributed by atoms with E-state index < -0.39 is 0 Å². The summed E-state index contributed by atoms with van der Waals surface area (Å²) in [6.07, 6.45) is 4.11. The van der Waals surface area contributed by atoms with Crippen LogP contribution in [-0.2, 0) is 0 Å². The van der Waals surface area contributed by atoms with Crippen molar-refractivity contribution in [3.8, 4) is 0 Å². The highest BCUT2D eigenvalue weighted by Gasteiger charge is 2.21. The van der Waals surface area contributed by atoms with Crippen LogP contribution in [0.2, 0.25) is 0 Å². The molecule has 18 heavy (non-hydrogen) atoms. The molecule has 0 spiro atoms. The Morgan fingerprint density at radius 2 is 2.11 bits per heavy atom. The van der Waals surface area contributed by atoms with E-state index in [1.54, 1.807) is 0 Å². The Morgan fingerprint density at radius 3 is 2.78 bits per heavy atom. The lowest BCUT2D eigenvalue weighted by Crippen LogP contribution is -2.38. The van der Waals surface area contributed by atoms with Crippen molar-refractivity contribution in [2.75, 3.05) is 25.4 Å². The smallest absolute Gasteiger partial charge is 0.00582 e. The van der Waals surface area contributed by atoms with Gasteiger partial charge in [-0.25, -0.2) is 0 Å². The molecule has 1 aromatic rings. The van der Waals surface area contributed by atoms with E-state index in [2.05, 4.69) is 54.8 Å². The molecule has 0 aromatic heterocycles. The van der Waals surface area contributed by atoms with Crippen molar-refractivity contribution in [3.05, 3.63) is 35.9 Å². The van der Waals surface area contributed by atoms with E-state index in [4.69, 9.17) is 0 Å². The number of nitrogens with zero attached hydrogens (tertiary/aromatic N) is 1. The summed E-state index contributed by atoms with van der Waals surface area (Å²) < 4.78 is 0. The summed E-state index contributed by atoms with van der Waals surface area (Å²) in [6.45, 7) is 6.05. The lowest BCUT2D eigenvalue weighted by atomic mass is 9.93. The quantitative estimate of drug-likeness (QED) is 0.790. The van der Waals surface area contributed by atoms with Crippen molar-refractivity contribution in [2.24, 2.45) is 5.92 Å². The summed E-state index contributed by atoms with van der Waals surface area (Å²) >= 11 is 4.55. The Labute approximate surface area is 117 Å². The number of hydrogen-bond acceptors (Lipinski definition) is 2. The topological polar surface area (TPSA) is 3.24 Å². The van der Waals surface area contributed by atoms with Crippen molar-refractivity contribution in [1.82, 2.24) is 4.90 Å². The summed E-state index contributed by atoms with van der Waals surface area (Å²) in [5.74, 6) is 2.43. The lowest BCUT2D eigenvalue weighted by molar-refractivity contribution is 0.165. The van der Waals surface area contributed by atoms with Gasteiger partial charge in [0.25, 0.3) is 0 Å². The molecule has 2 atom stereocenters. The Kier molecular flexibility index (Phi) is 5.58. The van der Waals surface area contributed by atoms with E-state index in [0.717, 1.165) is 11.7 Å². The van der Waals surface area contributed by atoms with Crippen molar-refractivity contribution < 1.29 is 0 Å². The third kappa shape index (κ3) is 3.76. The van der Waals surface area contributed by atoms with Crippen LogP contribution in [0.3, 0.4) is 0 Å². The summed E-state index contributed by atoms with van der Waals surface area (Å²) in [6, 6.07) is 10.8. The van der Waals surface area contributed by atoms with Crippen LogP contribution in [0.5, 0.6) is 0 Å². The molecule has 1 aliphatic heterocycles. The monoisotopic (exact) mass is 263 g/mol. The third-order valence-electron chi connectivity index (χ3n) is 4.15. The zero-order valence-electron chi connectivity index (χ0n) is 11.4. The van der Waals surface area contributed by atoms with Gasteiger partial charge in [0.1, 0.15) is 0 Å². The van der Waals surface area contributed by atoms with Gasteiger partial charge in [0.15, 0.2) is 0 Å². The van der Waals surface area contributed by atoms with Crippen LogP contribution in [0.25, 0.3) is 0 Å². The number of piperidine rings is 1. The Hall–Kier alpha value is -0.470. The summed E-state index contributed by atoms with van der Waals surface area (Å²) in [7, 11) is 0. The zero-order valence-corrected chi connectivity index (χ0v) is 12.3. The number of likely N-dealkylation sites (tertiary alicyclic amines) is 1. The fraction of sp³-hybridized carbons (Fsp3) is 0.625. The van der Waals surface area contributed by atoms with Crippen LogP contribution >= 0.6 is 12.6 Å². The molecule has 0 N–H and O–H groups in total. The molecule has 1 fully saturated rings. The predicted octanol–water partition coefficient (Wildman–Crippen LogP) is 3.82. The number of benzene rings is 1. The SMILES string of the molecule is CCC1CCCN(CC(CS)c2ccccc2)C1. The second-order valence-electron chi connectivity index (χ2n) is 5.47. The maximum absolute atomic E-state index is 4.55. The van der Waals surface area contributed by atoms with Crippen molar-refractivity contribution >= 4 is 12.6 Å². The first-order valence-electron chi connectivity index (χ1n) is 7.21. The number of hydrogen-bond donors (Lipinski definition) is 1. The summed E-state index contributed by atoms with van der Waals surface area (Å²) in [5, 5.41) is 0. The van der Waals surface area contributed by atoms with Crippen LogP contribution in [0.1, 0.15) is 37.7 Å². The second kappa shape index (κ2) is 7.20. The minimum absolute atomic E-state index is 0.574. The van der Waals surface area contributed by atoms with E-state index in [-0.39, 0.29) is 0 Å². The van der Waals surface area contributed by atoms with Gasteiger partial charge in [-0.3, -0.25) is 0 Å². The highest BCUT2D eigenvalue weighted by atomic mass is 32.1. The first kappa shape index (κ1) is 14.0. The lowest BCUT2D eigenvalue weighted by Gasteiger charge is -2.34. The van der Waals surface area contributed by atoms with Gasteiger partial charge in [0.2, 0.25) is 0 Å². The molecule has 0 saturated carbocycles. The molecule has 2 heteroatoms. The minimum atomic E-state index is 0.574. The Bertz CT molecular complexity index is 338. The van der Waals surface area contributed by atoms with Gasteiger partial charge in [-0.1, -0.05) is 43.7 Å². The molecule has 0 radical (unpaired) electrons. The predicted molar refractivity (Wildman–Crippen MR) is 82.5 cm³/mol. The van der Waals surface area contributed by atoms with E-state index >= 15 is 0 Å². The van der Waals surface area contributed by atoms with Crippen molar-refractivity contribution in [1.29, 1.82) is 0 Å². The van der Waals surface area contributed by atoms with Gasteiger partial charge in [-0.2, -0.15) is 12.6 Å². The Balaban J connectivity index is 1.94. The van der Waals surface area contributed by atoms with E-state index in [1.807, 2.05) is 0 Å². The average molecular weight is 263 g/mol. The standard InChI is InChI=1S/C16H25NS/c1-2-14-7-6-10-17(11-14)12-16(13-18)15-8-4-3-5-9-15/h3-5,8-9,14,16,18H,2,6-7,10-13H2,1H3. The van der Waals surface area contributed by atoms with E-state index in [1.165, 1.54) is 44.5 Å². The molecule has 1 heterocycles. The van der Waals surface area contributed by atoms with Gasteiger partial charge < -0.3 is 4.90 Å². The largest absolute Gasteiger partial charge is 0.302 e. The highest BCUT2D eigenvalue weighted by molar-refractivity contribution is 7.80. The molecule has 0 bridgehead atoms. The fourth-order valence-corrected chi connectivity index (χ4v) is 3.28. The van der Waals surface area contributed by atoms with Crippen LogP contribution in [0, 0.1) is 5.92 Å². The number of rotatable bonds is 5. The fourth-order valence-electron chi connectivity index (χ4n) is 2.96. The molecule has 1 aliphatic rings. The van der Waals surface area contributed by atoms with E-state index in [0.29, 0.717) is 5.92 Å². The van der Waals surface area contributed by atoms with Crippen LogP contribution < -0.4 is 0 Å². The highest BCUT2D eigenvalue weighted by Crippen LogP contribution is 2.24. The number of thiol groups is 1. The average Bonchev–Trinajstić information content (AvgIpc) is 2.46. The summed E-state index contributed by atoms with van der Waals surface area (Å²) in [5.41, 5.74) is 1.44. The van der Waals surface area contributed by atoms with Crippen LogP contribution in [0.15, 0.2) is 30.3 Å². The van der Waals surface area contributed by atoms with Crippen molar-refractivity contribution in [3.63, 3.8) is 0 Å². The molecule has 2 unspecified atom stereocenters. The molecular formula is C16H25NS. The molecule has 0 amide bonds. The van der Waals surface area contributed by atoms with Gasteiger partial charge in [-0.15, -0.1) is 0 Å². The maximum Gasteiger partial charge on any atom is 0.00582 e. The second-order valence-corrected chi connectivity index (χ2v) is 5.83. The van der Waals surface area contributed by atoms with Gasteiger partial charge in [0, 0.05) is 19.0 Å². The Morgan fingerprint density at radius 1 is 1.33 bits per heavy atom.